The van der Waals surface area contributed by atoms with Crippen molar-refractivity contribution in [2.75, 3.05) is 0 Å². The highest BCUT2D eigenvalue weighted by Crippen LogP contribution is 2.30. The maximum atomic E-state index is 13.5. The van der Waals surface area contributed by atoms with Gasteiger partial charge in [-0.25, -0.2) is 8.78 Å². The highest BCUT2D eigenvalue weighted by Gasteiger charge is 2.13. The lowest BCUT2D eigenvalue weighted by Crippen LogP contribution is -1.92. The molecule has 0 spiro atoms. The Bertz CT molecular complexity index is 544. The average Bonchev–Trinajstić information content (AvgIpc) is 2.23. The first-order valence-electron chi connectivity index (χ1n) is 4.35. The van der Waals surface area contributed by atoms with Crippen LogP contribution >= 0.6 is 23.2 Å². The number of rotatable bonds is 1. The Morgan fingerprint density at radius 1 is 1.12 bits per heavy atom. The van der Waals surface area contributed by atoms with E-state index in [1.807, 2.05) is 0 Å². The van der Waals surface area contributed by atoms with Gasteiger partial charge < -0.3 is 0 Å². The molecule has 16 heavy (non-hydrogen) atoms. The maximum absolute atomic E-state index is 13.5. The van der Waals surface area contributed by atoms with Gasteiger partial charge in [-0.3, -0.25) is 4.98 Å². The third kappa shape index (κ3) is 2.01. The molecule has 5 heteroatoms. The maximum Gasteiger partial charge on any atom is 0.168 e. The number of pyridine rings is 1. The van der Waals surface area contributed by atoms with Gasteiger partial charge in [0.05, 0.1) is 15.7 Å². The van der Waals surface area contributed by atoms with Crippen LogP contribution in [0.4, 0.5) is 8.78 Å². The van der Waals surface area contributed by atoms with E-state index in [1.165, 1.54) is 24.4 Å². The van der Waals surface area contributed by atoms with E-state index >= 15 is 0 Å². The summed E-state index contributed by atoms with van der Waals surface area (Å²) in [6.07, 6.45) is 1.33. The summed E-state index contributed by atoms with van der Waals surface area (Å²) in [5, 5.41) is 0.516. The Kier molecular flexibility index (Phi) is 3.08. The van der Waals surface area contributed by atoms with Crippen molar-refractivity contribution in [2.45, 2.75) is 0 Å². The molecule has 1 aromatic heterocycles. The molecule has 0 radical (unpaired) electrons. The Morgan fingerprint density at radius 3 is 2.56 bits per heavy atom. The van der Waals surface area contributed by atoms with E-state index in [1.54, 1.807) is 0 Å². The highest BCUT2D eigenvalue weighted by molar-refractivity contribution is 6.36. The minimum atomic E-state index is -0.973. The van der Waals surface area contributed by atoms with Crippen LogP contribution < -0.4 is 0 Å². The molecule has 2 aromatic rings. The largest absolute Gasteiger partial charge is 0.253 e. The van der Waals surface area contributed by atoms with Gasteiger partial charge in [-0.1, -0.05) is 29.3 Å². The lowest BCUT2D eigenvalue weighted by Gasteiger charge is -2.05. The van der Waals surface area contributed by atoms with Crippen molar-refractivity contribution in [3.63, 3.8) is 0 Å². The first-order valence-corrected chi connectivity index (χ1v) is 5.10. The third-order valence-corrected chi connectivity index (χ3v) is 2.51. The second kappa shape index (κ2) is 4.36. The van der Waals surface area contributed by atoms with Crippen molar-refractivity contribution in [1.29, 1.82) is 0 Å². The van der Waals surface area contributed by atoms with Crippen molar-refractivity contribution in [1.82, 2.24) is 4.98 Å². The van der Waals surface area contributed by atoms with Gasteiger partial charge in [0.1, 0.15) is 0 Å². The molecule has 0 N–H and O–H groups in total. The minimum Gasteiger partial charge on any atom is -0.253 e. The van der Waals surface area contributed by atoms with Gasteiger partial charge in [0.15, 0.2) is 11.6 Å². The van der Waals surface area contributed by atoms with Gasteiger partial charge in [-0.2, -0.15) is 0 Å². The molecular formula is C11H5Cl2F2N. The number of hydrogen-bond acceptors (Lipinski definition) is 1. The molecule has 82 valence electrons. The van der Waals surface area contributed by atoms with Crippen molar-refractivity contribution >= 4 is 23.2 Å². The second-order valence-corrected chi connectivity index (χ2v) is 3.93. The molecule has 0 aliphatic heterocycles. The predicted octanol–water partition coefficient (Wildman–Crippen LogP) is 4.33. The summed E-state index contributed by atoms with van der Waals surface area (Å²) in [5.74, 6) is -1.91. The van der Waals surface area contributed by atoms with Crippen LogP contribution in [0.15, 0.2) is 30.5 Å². The summed E-state index contributed by atoms with van der Waals surface area (Å²) < 4.78 is 26.5. The third-order valence-electron chi connectivity index (χ3n) is 2.01. The first-order chi connectivity index (χ1) is 7.59. The zero-order chi connectivity index (χ0) is 11.7. The van der Waals surface area contributed by atoms with Crippen molar-refractivity contribution in [2.24, 2.45) is 0 Å². The van der Waals surface area contributed by atoms with Crippen LogP contribution in [0.2, 0.25) is 10.0 Å². The Balaban J connectivity index is 2.63. The van der Waals surface area contributed by atoms with E-state index < -0.39 is 11.6 Å². The molecule has 2 rings (SSSR count). The number of nitrogens with zero attached hydrogens (tertiary/aromatic N) is 1. The highest BCUT2D eigenvalue weighted by atomic mass is 35.5. The van der Waals surface area contributed by atoms with Crippen LogP contribution in [0.3, 0.4) is 0 Å². The predicted molar refractivity (Wildman–Crippen MR) is 59.6 cm³/mol. The normalized spacial score (nSPS) is 10.5. The molecule has 0 amide bonds. The summed E-state index contributed by atoms with van der Waals surface area (Å²) >= 11 is 11.5. The molecule has 0 fully saturated rings. The summed E-state index contributed by atoms with van der Waals surface area (Å²) in [5.41, 5.74) is 0.185. The topological polar surface area (TPSA) is 12.9 Å². The van der Waals surface area contributed by atoms with E-state index in [9.17, 15) is 8.78 Å². The monoisotopic (exact) mass is 259 g/mol. The van der Waals surface area contributed by atoms with Crippen molar-refractivity contribution < 1.29 is 8.78 Å². The molecular weight excluding hydrogens is 255 g/mol. The number of benzene rings is 1. The van der Waals surface area contributed by atoms with Gasteiger partial charge in [0.25, 0.3) is 0 Å². The van der Waals surface area contributed by atoms with Gasteiger partial charge in [0, 0.05) is 11.8 Å². The quantitative estimate of drug-likeness (QED) is 0.743. The standard InChI is InChI=1S/C11H5Cl2F2N/c12-6-4-8(13)11(16-5-6)7-2-1-3-9(14)10(7)15/h1-5H. The molecule has 1 nitrogen and oxygen atoms in total. The van der Waals surface area contributed by atoms with E-state index in [-0.39, 0.29) is 16.3 Å². The lowest BCUT2D eigenvalue weighted by atomic mass is 10.1. The molecule has 0 unspecified atom stereocenters. The molecule has 1 heterocycles. The van der Waals surface area contributed by atoms with Crippen molar-refractivity contribution in [3.8, 4) is 11.3 Å². The lowest BCUT2D eigenvalue weighted by molar-refractivity contribution is 0.511. The van der Waals surface area contributed by atoms with Crippen molar-refractivity contribution in [3.05, 3.63) is 52.1 Å². The molecule has 0 saturated carbocycles. The molecule has 0 atom stereocenters. The fourth-order valence-electron chi connectivity index (χ4n) is 1.30. The molecule has 0 aliphatic carbocycles. The van der Waals surface area contributed by atoms with E-state index in [4.69, 9.17) is 23.2 Å². The second-order valence-electron chi connectivity index (χ2n) is 3.09. The number of halogens is 4. The molecule has 0 saturated heterocycles. The first kappa shape index (κ1) is 11.3. The fraction of sp³-hybridized carbons (Fsp3) is 0. The molecule has 1 aromatic carbocycles. The summed E-state index contributed by atoms with van der Waals surface area (Å²) in [6, 6.07) is 5.25. The zero-order valence-corrected chi connectivity index (χ0v) is 9.36. The number of aromatic nitrogens is 1. The average molecular weight is 260 g/mol. The van der Waals surface area contributed by atoms with Gasteiger partial charge in [-0.05, 0) is 18.2 Å². The van der Waals surface area contributed by atoms with Crippen LogP contribution in [0, 0.1) is 11.6 Å². The Morgan fingerprint density at radius 2 is 1.88 bits per heavy atom. The SMILES string of the molecule is Fc1cccc(-c2ncc(Cl)cc2Cl)c1F. The van der Waals surface area contributed by atoms with Crippen LogP contribution in [-0.2, 0) is 0 Å². The van der Waals surface area contributed by atoms with E-state index in [2.05, 4.69) is 4.98 Å². The zero-order valence-electron chi connectivity index (χ0n) is 7.85. The summed E-state index contributed by atoms with van der Waals surface area (Å²) in [6.45, 7) is 0. The Hall–Kier alpha value is -1.19. The van der Waals surface area contributed by atoms with Crippen LogP contribution in [0.5, 0.6) is 0 Å². The summed E-state index contributed by atoms with van der Waals surface area (Å²) in [4.78, 5) is 3.88. The summed E-state index contributed by atoms with van der Waals surface area (Å²) in [7, 11) is 0. The minimum absolute atomic E-state index is 0.0154. The van der Waals surface area contributed by atoms with Crippen LogP contribution in [0.1, 0.15) is 0 Å². The smallest absolute Gasteiger partial charge is 0.168 e. The van der Waals surface area contributed by atoms with Crippen LogP contribution in [-0.4, -0.2) is 4.98 Å². The van der Waals surface area contributed by atoms with Gasteiger partial charge in [0.2, 0.25) is 0 Å². The van der Waals surface area contributed by atoms with Crippen LogP contribution in [0.25, 0.3) is 11.3 Å². The van der Waals surface area contributed by atoms with Gasteiger partial charge in [-0.15, -0.1) is 0 Å². The molecule has 0 bridgehead atoms. The molecule has 0 aliphatic rings. The Labute approximate surface area is 101 Å². The number of hydrogen-bond donors (Lipinski definition) is 0. The van der Waals surface area contributed by atoms with E-state index in [0.29, 0.717) is 5.02 Å². The van der Waals surface area contributed by atoms with Gasteiger partial charge >= 0.3 is 0 Å². The fourth-order valence-corrected chi connectivity index (χ4v) is 1.78. The van der Waals surface area contributed by atoms with E-state index in [0.717, 1.165) is 6.07 Å².